The van der Waals surface area contributed by atoms with Crippen LogP contribution in [0.5, 0.6) is 5.75 Å². The van der Waals surface area contributed by atoms with E-state index in [-0.39, 0.29) is 18.0 Å². The molecule has 3 unspecified atom stereocenters. The lowest BCUT2D eigenvalue weighted by Crippen LogP contribution is -2.63. The number of aromatic nitrogens is 2. The van der Waals surface area contributed by atoms with Gasteiger partial charge in [0.05, 0.1) is 24.8 Å². The Balaban J connectivity index is 1.20. The molecule has 10 nitrogen and oxygen atoms in total. The molecule has 1 aromatic heterocycles. The number of fused-ring (bicyclic) bond motifs is 1. The molecule has 256 valence electrons. The third-order valence-electron chi connectivity index (χ3n) is 10.6. The first-order chi connectivity index (χ1) is 22.4. The zero-order valence-electron chi connectivity index (χ0n) is 27.2. The number of carbonyl (C=O) groups excluding carboxylic acids is 1. The van der Waals surface area contributed by atoms with Crippen LogP contribution in [0, 0.1) is 17.8 Å². The van der Waals surface area contributed by atoms with E-state index in [1.165, 1.54) is 0 Å². The Morgan fingerprint density at radius 2 is 1.85 bits per heavy atom. The van der Waals surface area contributed by atoms with Crippen molar-refractivity contribution in [2.75, 3.05) is 37.7 Å². The van der Waals surface area contributed by atoms with Crippen LogP contribution in [0.4, 0.5) is 24.8 Å². The Morgan fingerprint density at radius 3 is 2.47 bits per heavy atom. The van der Waals surface area contributed by atoms with E-state index in [0.717, 1.165) is 69.5 Å². The first-order valence-corrected chi connectivity index (χ1v) is 16.8. The van der Waals surface area contributed by atoms with Crippen LogP contribution in [0.15, 0.2) is 24.4 Å². The topological polar surface area (TPSA) is 117 Å². The van der Waals surface area contributed by atoms with Crippen LogP contribution < -0.4 is 15.0 Å². The number of benzene rings is 1. The third kappa shape index (κ3) is 6.65. The SMILES string of the molecule is CC1CCCC(C(NC(=O)c2cnc(N3CCc4cc(OC5CCN(C6COC6)CC5)ccc43)nc2C(F)(F)F)(C(=O)O)C(C)C)C1. The summed E-state index contributed by atoms with van der Waals surface area (Å²) < 4.78 is 55.0. The van der Waals surface area contributed by atoms with Gasteiger partial charge < -0.3 is 24.8 Å². The van der Waals surface area contributed by atoms with Crippen molar-refractivity contribution in [2.45, 2.75) is 89.6 Å². The molecule has 3 aliphatic heterocycles. The molecule has 3 atom stereocenters. The van der Waals surface area contributed by atoms with Gasteiger partial charge in [0.25, 0.3) is 5.91 Å². The average molecular weight is 660 g/mol. The number of hydrogen-bond donors (Lipinski definition) is 2. The summed E-state index contributed by atoms with van der Waals surface area (Å²) in [5.41, 5.74) is -2.33. The Labute approximate surface area is 273 Å². The number of aliphatic carboxylic acids is 1. The number of piperidine rings is 1. The summed E-state index contributed by atoms with van der Waals surface area (Å²) in [6.07, 6.45) is 1.23. The molecule has 2 saturated heterocycles. The lowest BCUT2D eigenvalue weighted by atomic mass is 9.66. The Morgan fingerprint density at radius 1 is 1.11 bits per heavy atom. The number of likely N-dealkylation sites (tertiary alicyclic amines) is 1. The molecule has 13 heteroatoms. The van der Waals surface area contributed by atoms with E-state index in [2.05, 4.69) is 20.2 Å². The molecule has 2 aromatic rings. The predicted octanol–water partition coefficient (Wildman–Crippen LogP) is 5.47. The molecule has 0 bridgehead atoms. The monoisotopic (exact) mass is 659 g/mol. The zero-order valence-corrected chi connectivity index (χ0v) is 27.2. The number of carbonyl (C=O) groups is 2. The van der Waals surface area contributed by atoms with Crippen molar-refractivity contribution in [1.82, 2.24) is 20.2 Å². The number of anilines is 2. The van der Waals surface area contributed by atoms with Crippen molar-refractivity contribution in [1.29, 1.82) is 0 Å². The highest BCUT2D eigenvalue weighted by atomic mass is 19.4. The standard InChI is InChI=1S/C34H44F3N5O5/c1-20(2)33(31(44)45,23-6-4-5-21(3)15-23)40-30(43)27-17-38-32(39-29(27)34(35,36)37)42-14-9-22-16-26(7-8-28(22)42)47-25-10-12-41(13-11-25)24-18-46-19-24/h7-8,16-17,20-21,23-25H,4-6,9-15,18-19H2,1-3H3,(H,40,43)(H,44,45). The minimum atomic E-state index is -4.98. The quantitative estimate of drug-likeness (QED) is 0.362. The molecule has 4 heterocycles. The molecule has 6 rings (SSSR count). The molecule has 1 aliphatic carbocycles. The lowest BCUT2D eigenvalue weighted by molar-refractivity contribution is -0.150. The molecule has 47 heavy (non-hydrogen) atoms. The van der Waals surface area contributed by atoms with Gasteiger partial charge in [0.1, 0.15) is 17.4 Å². The number of nitrogens with one attached hydrogen (secondary N) is 1. The van der Waals surface area contributed by atoms with Crippen molar-refractivity contribution in [3.8, 4) is 5.75 Å². The molecule has 1 amide bonds. The molecular weight excluding hydrogens is 615 g/mol. The summed E-state index contributed by atoms with van der Waals surface area (Å²) in [5, 5.41) is 13.0. The van der Waals surface area contributed by atoms with E-state index < -0.39 is 46.7 Å². The van der Waals surface area contributed by atoms with E-state index >= 15 is 0 Å². The molecule has 4 aliphatic rings. The number of amides is 1. The number of halogens is 3. The maximum absolute atomic E-state index is 14.5. The zero-order chi connectivity index (χ0) is 33.5. The van der Waals surface area contributed by atoms with Crippen molar-refractivity contribution in [2.24, 2.45) is 17.8 Å². The van der Waals surface area contributed by atoms with Crippen LogP contribution in [-0.2, 0) is 22.1 Å². The van der Waals surface area contributed by atoms with E-state index in [4.69, 9.17) is 9.47 Å². The Kier molecular flexibility index (Phi) is 9.41. The molecule has 0 radical (unpaired) electrons. The minimum Gasteiger partial charge on any atom is -0.490 e. The number of nitrogens with zero attached hydrogens (tertiary/aromatic N) is 4. The highest BCUT2D eigenvalue weighted by molar-refractivity contribution is 5.99. The minimum absolute atomic E-state index is 0.0937. The van der Waals surface area contributed by atoms with Gasteiger partial charge in [-0.1, -0.05) is 33.6 Å². The fourth-order valence-electron chi connectivity index (χ4n) is 7.83. The van der Waals surface area contributed by atoms with E-state index in [9.17, 15) is 27.9 Å². The number of carboxylic acids is 1. The molecule has 3 fully saturated rings. The Bertz CT molecular complexity index is 1480. The van der Waals surface area contributed by atoms with Crippen LogP contribution >= 0.6 is 0 Å². The van der Waals surface area contributed by atoms with Crippen molar-refractivity contribution in [3.05, 3.63) is 41.2 Å². The van der Waals surface area contributed by atoms with Crippen molar-refractivity contribution < 1.29 is 37.3 Å². The normalized spacial score (nSPS) is 24.0. The van der Waals surface area contributed by atoms with Gasteiger partial charge in [-0.2, -0.15) is 13.2 Å². The summed E-state index contributed by atoms with van der Waals surface area (Å²) >= 11 is 0. The second-order valence-corrected chi connectivity index (χ2v) is 13.9. The van der Waals surface area contributed by atoms with Gasteiger partial charge in [0.2, 0.25) is 5.95 Å². The molecule has 1 saturated carbocycles. The number of ether oxygens (including phenoxy) is 2. The maximum Gasteiger partial charge on any atom is 0.434 e. The third-order valence-corrected chi connectivity index (χ3v) is 10.6. The number of hydrogen-bond acceptors (Lipinski definition) is 8. The molecule has 2 N–H and O–H groups in total. The first-order valence-electron chi connectivity index (χ1n) is 16.8. The fraction of sp³-hybridized carbons (Fsp3) is 0.647. The Hall–Kier alpha value is -3.45. The van der Waals surface area contributed by atoms with Gasteiger partial charge in [-0.15, -0.1) is 0 Å². The van der Waals surface area contributed by atoms with Gasteiger partial charge >= 0.3 is 12.1 Å². The second kappa shape index (κ2) is 13.2. The van der Waals surface area contributed by atoms with Gasteiger partial charge in [0.15, 0.2) is 5.69 Å². The summed E-state index contributed by atoms with van der Waals surface area (Å²) in [6, 6.07) is 6.07. The van der Waals surface area contributed by atoms with Crippen LogP contribution in [-0.4, -0.2) is 82.4 Å². The van der Waals surface area contributed by atoms with Gasteiger partial charge in [0, 0.05) is 31.5 Å². The highest BCUT2D eigenvalue weighted by Gasteiger charge is 2.51. The van der Waals surface area contributed by atoms with Gasteiger partial charge in [-0.3, -0.25) is 9.69 Å². The number of rotatable bonds is 9. The average Bonchev–Trinajstić information content (AvgIpc) is 3.42. The summed E-state index contributed by atoms with van der Waals surface area (Å²) in [4.78, 5) is 38.5. The summed E-state index contributed by atoms with van der Waals surface area (Å²) in [5.74, 6) is -2.60. The van der Waals surface area contributed by atoms with Crippen LogP contribution in [0.1, 0.15) is 80.9 Å². The molecular formula is C34H44F3N5O5. The van der Waals surface area contributed by atoms with Gasteiger partial charge in [-0.25, -0.2) is 14.8 Å². The number of alkyl halides is 3. The smallest absolute Gasteiger partial charge is 0.434 e. The van der Waals surface area contributed by atoms with E-state index in [0.29, 0.717) is 37.5 Å². The second-order valence-electron chi connectivity index (χ2n) is 13.9. The first kappa shape index (κ1) is 33.5. The summed E-state index contributed by atoms with van der Waals surface area (Å²) in [6.45, 7) is 9.23. The lowest BCUT2D eigenvalue weighted by Gasteiger charge is -2.44. The molecule has 0 spiro atoms. The van der Waals surface area contributed by atoms with Gasteiger partial charge in [-0.05, 0) is 73.6 Å². The van der Waals surface area contributed by atoms with Crippen molar-refractivity contribution in [3.63, 3.8) is 0 Å². The number of carboxylic acid groups (broad SMARTS) is 1. The van der Waals surface area contributed by atoms with Crippen molar-refractivity contribution >= 4 is 23.5 Å². The maximum atomic E-state index is 14.5. The van der Waals surface area contributed by atoms with Crippen LogP contribution in [0.2, 0.25) is 0 Å². The molecule has 1 aromatic carbocycles. The van der Waals surface area contributed by atoms with Crippen LogP contribution in [0.25, 0.3) is 0 Å². The van der Waals surface area contributed by atoms with Crippen LogP contribution in [0.3, 0.4) is 0 Å². The van der Waals surface area contributed by atoms with E-state index in [1.807, 2.05) is 25.1 Å². The summed E-state index contributed by atoms with van der Waals surface area (Å²) in [7, 11) is 0. The fourth-order valence-corrected chi connectivity index (χ4v) is 7.83. The largest absolute Gasteiger partial charge is 0.490 e. The highest BCUT2D eigenvalue weighted by Crippen LogP contribution is 2.41. The predicted molar refractivity (Wildman–Crippen MR) is 168 cm³/mol. The van der Waals surface area contributed by atoms with E-state index in [1.54, 1.807) is 18.7 Å².